The van der Waals surface area contributed by atoms with Gasteiger partial charge in [-0.25, -0.2) is 0 Å². The van der Waals surface area contributed by atoms with E-state index in [1.165, 1.54) is 0 Å². The van der Waals surface area contributed by atoms with Crippen molar-refractivity contribution in [2.75, 3.05) is 38.1 Å². The van der Waals surface area contributed by atoms with Gasteiger partial charge in [0.05, 0.1) is 14.2 Å². The molecule has 0 fully saturated rings. The van der Waals surface area contributed by atoms with Crippen LogP contribution in [0.1, 0.15) is 11.1 Å². The number of anilines is 2. The average molecular weight is 509 g/mol. The Kier molecular flexibility index (Phi) is 7.13. The lowest BCUT2D eigenvalue weighted by atomic mass is 9.97. The fourth-order valence-corrected chi connectivity index (χ4v) is 4.13. The second kappa shape index (κ2) is 11.0. The summed E-state index contributed by atoms with van der Waals surface area (Å²) in [6.07, 6.45) is 0. The summed E-state index contributed by atoms with van der Waals surface area (Å²) in [6, 6.07) is 26.1. The quantitative estimate of drug-likeness (QED) is 0.187. The van der Waals surface area contributed by atoms with Crippen molar-refractivity contribution >= 4 is 23.0 Å². The van der Waals surface area contributed by atoms with Gasteiger partial charge in [0.25, 0.3) is 0 Å². The number of ether oxygens (including phenoxy) is 4. The topological polar surface area (TPSA) is 109 Å². The van der Waals surface area contributed by atoms with Crippen LogP contribution >= 0.6 is 0 Å². The van der Waals surface area contributed by atoms with Crippen molar-refractivity contribution in [1.82, 2.24) is 0 Å². The van der Waals surface area contributed by atoms with Gasteiger partial charge in [0, 0.05) is 33.6 Å². The molecular weight excluding hydrogens is 480 g/mol. The van der Waals surface area contributed by atoms with Crippen LogP contribution in [0.2, 0.25) is 0 Å². The average Bonchev–Trinajstić information content (AvgIpc) is 2.95. The first-order valence-electron chi connectivity index (χ1n) is 12.1. The normalized spacial score (nSPS) is 11.8. The summed E-state index contributed by atoms with van der Waals surface area (Å²) in [4.78, 5) is 0. The first-order valence-corrected chi connectivity index (χ1v) is 12.1. The molecule has 38 heavy (non-hydrogen) atoms. The molecule has 1 aliphatic rings. The molecule has 0 amide bonds. The third kappa shape index (κ3) is 5.39. The van der Waals surface area contributed by atoms with Gasteiger partial charge in [-0.3, -0.25) is 10.8 Å². The van der Waals surface area contributed by atoms with Gasteiger partial charge in [-0.15, -0.1) is 0 Å². The van der Waals surface area contributed by atoms with Crippen molar-refractivity contribution in [3.63, 3.8) is 0 Å². The van der Waals surface area contributed by atoms with Crippen molar-refractivity contribution < 1.29 is 18.9 Å². The monoisotopic (exact) mass is 508 g/mol. The Morgan fingerprint density at radius 2 is 1.00 bits per heavy atom. The largest absolute Gasteiger partial charge is 0.497 e. The molecule has 0 aromatic heterocycles. The lowest BCUT2D eigenvalue weighted by Gasteiger charge is -2.21. The zero-order valence-corrected chi connectivity index (χ0v) is 21.1. The van der Waals surface area contributed by atoms with E-state index >= 15 is 0 Å². The minimum absolute atomic E-state index is 0.243. The molecule has 0 radical (unpaired) electrons. The molecule has 4 N–H and O–H groups in total. The Hall–Kier alpha value is -4.98. The molecule has 4 aromatic rings. The highest BCUT2D eigenvalue weighted by molar-refractivity contribution is 6.08. The van der Waals surface area contributed by atoms with Crippen molar-refractivity contribution in [2.24, 2.45) is 0 Å². The molecule has 0 saturated heterocycles. The zero-order valence-electron chi connectivity index (χ0n) is 21.1. The maximum Gasteiger partial charge on any atom is 0.129 e. The van der Waals surface area contributed by atoms with Crippen LogP contribution in [0, 0.1) is 10.8 Å². The van der Waals surface area contributed by atoms with Gasteiger partial charge in [-0.2, -0.15) is 0 Å². The molecule has 8 nitrogen and oxygen atoms in total. The summed E-state index contributed by atoms with van der Waals surface area (Å²) in [6.45, 7) is 0.813. The molecule has 1 aliphatic heterocycles. The van der Waals surface area contributed by atoms with Gasteiger partial charge >= 0.3 is 0 Å². The number of nitrogens with one attached hydrogen (secondary N) is 4. The molecule has 0 atom stereocenters. The molecule has 4 aromatic carbocycles. The Morgan fingerprint density at radius 1 is 0.605 bits per heavy atom. The molecule has 0 spiro atoms. The number of benzene rings is 4. The third-order valence-corrected chi connectivity index (χ3v) is 6.14. The van der Waals surface area contributed by atoms with Crippen molar-refractivity contribution in [3.8, 4) is 34.1 Å². The van der Waals surface area contributed by atoms with Crippen molar-refractivity contribution in [1.29, 1.82) is 10.8 Å². The summed E-state index contributed by atoms with van der Waals surface area (Å²) in [5.74, 6) is 3.38. The van der Waals surface area contributed by atoms with E-state index in [0.717, 1.165) is 34.0 Å². The van der Waals surface area contributed by atoms with E-state index in [2.05, 4.69) is 10.6 Å². The number of fused-ring (bicyclic) bond motifs is 3. The van der Waals surface area contributed by atoms with Crippen molar-refractivity contribution in [3.05, 3.63) is 96.1 Å². The van der Waals surface area contributed by atoms with E-state index in [0.29, 0.717) is 35.8 Å². The highest BCUT2D eigenvalue weighted by Gasteiger charge is 2.19. The molecular formula is C30H28N4O4. The van der Waals surface area contributed by atoms with Crippen LogP contribution in [-0.4, -0.2) is 39.1 Å². The Labute approximate surface area is 221 Å². The predicted molar refractivity (Wildman–Crippen MR) is 150 cm³/mol. The van der Waals surface area contributed by atoms with E-state index in [1.54, 1.807) is 14.2 Å². The second-order valence-corrected chi connectivity index (χ2v) is 8.58. The first kappa shape index (κ1) is 24.7. The summed E-state index contributed by atoms with van der Waals surface area (Å²) in [5, 5.41) is 23.6. The van der Waals surface area contributed by atoms with E-state index < -0.39 is 0 Å². The number of rotatable bonds is 6. The smallest absolute Gasteiger partial charge is 0.129 e. The molecule has 0 unspecified atom stereocenters. The van der Waals surface area contributed by atoms with Crippen LogP contribution in [0.3, 0.4) is 0 Å². The molecule has 0 saturated carbocycles. The number of methoxy groups -OCH3 is 2. The van der Waals surface area contributed by atoms with E-state index in [4.69, 9.17) is 29.8 Å². The van der Waals surface area contributed by atoms with Gasteiger partial charge < -0.3 is 29.6 Å². The molecule has 0 bridgehead atoms. The van der Waals surface area contributed by atoms with E-state index in [-0.39, 0.29) is 11.7 Å². The Balaban J connectivity index is 1.44. The van der Waals surface area contributed by atoms with E-state index in [1.807, 2.05) is 84.9 Å². The predicted octanol–water partition coefficient (Wildman–Crippen LogP) is 6.02. The molecule has 5 rings (SSSR count). The molecule has 192 valence electrons. The summed E-state index contributed by atoms with van der Waals surface area (Å²) < 4.78 is 22.4. The maximum atomic E-state index is 8.66. The fourth-order valence-electron chi connectivity index (χ4n) is 4.13. The lowest BCUT2D eigenvalue weighted by molar-refractivity contribution is 0.214. The minimum Gasteiger partial charge on any atom is -0.497 e. The Morgan fingerprint density at radius 3 is 1.37 bits per heavy atom. The van der Waals surface area contributed by atoms with Crippen LogP contribution in [-0.2, 0) is 0 Å². The van der Waals surface area contributed by atoms with Gasteiger partial charge in [0.15, 0.2) is 0 Å². The third-order valence-electron chi connectivity index (χ3n) is 6.14. The summed E-state index contributed by atoms with van der Waals surface area (Å²) in [5.41, 5.74) is 4.51. The SMILES string of the molecule is COc1ccc(NC(=N)c2ccc3c(c2)-c2cc(C(=N)Nc4ccc(OC)cc4)ccc2OCCO3)cc1. The minimum atomic E-state index is 0.243. The fraction of sp³-hybridized carbons (Fsp3) is 0.133. The highest BCUT2D eigenvalue weighted by Crippen LogP contribution is 2.39. The van der Waals surface area contributed by atoms with Crippen LogP contribution in [0.5, 0.6) is 23.0 Å². The van der Waals surface area contributed by atoms with Gasteiger partial charge in [-0.05, 0) is 84.9 Å². The van der Waals surface area contributed by atoms with Gasteiger partial charge in [-0.1, -0.05) is 0 Å². The summed E-state index contributed by atoms with van der Waals surface area (Å²) in [7, 11) is 3.24. The molecule has 8 heteroatoms. The van der Waals surface area contributed by atoms with Crippen LogP contribution in [0.25, 0.3) is 11.1 Å². The maximum absolute atomic E-state index is 8.66. The second-order valence-electron chi connectivity index (χ2n) is 8.58. The first-order chi connectivity index (χ1) is 18.5. The summed E-state index contributed by atoms with van der Waals surface area (Å²) >= 11 is 0. The number of amidine groups is 2. The van der Waals surface area contributed by atoms with Crippen LogP contribution in [0.15, 0.2) is 84.9 Å². The van der Waals surface area contributed by atoms with Crippen molar-refractivity contribution in [2.45, 2.75) is 0 Å². The zero-order chi connectivity index (χ0) is 26.5. The van der Waals surface area contributed by atoms with Crippen LogP contribution < -0.4 is 29.6 Å². The molecule has 0 aliphatic carbocycles. The number of hydrogen-bond acceptors (Lipinski definition) is 6. The molecule has 1 heterocycles. The van der Waals surface area contributed by atoms with Crippen LogP contribution in [0.4, 0.5) is 11.4 Å². The number of hydrogen-bond donors (Lipinski definition) is 4. The lowest BCUT2D eigenvalue weighted by Crippen LogP contribution is -2.16. The standard InChI is InChI=1S/C30H28N4O4/c1-35-23-9-5-21(6-10-23)33-29(31)19-3-13-27-25(17-19)26-18-20(4-14-28(26)38-16-15-37-27)30(32)34-22-7-11-24(36-2)12-8-22/h3-14,17-18H,15-16H2,1-2H3,(H2,31,33)(H2,32,34). The Bertz CT molecular complexity index is 1350. The highest BCUT2D eigenvalue weighted by atomic mass is 16.5. The van der Waals surface area contributed by atoms with E-state index in [9.17, 15) is 0 Å². The van der Waals surface area contributed by atoms with Gasteiger partial charge in [0.1, 0.15) is 47.9 Å². The van der Waals surface area contributed by atoms with Gasteiger partial charge in [0.2, 0.25) is 0 Å².